The summed E-state index contributed by atoms with van der Waals surface area (Å²) in [6.07, 6.45) is 5.13. The summed E-state index contributed by atoms with van der Waals surface area (Å²) < 4.78 is 18.5. The molecule has 1 heterocycles. The summed E-state index contributed by atoms with van der Waals surface area (Å²) in [6.45, 7) is 0. The van der Waals surface area contributed by atoms with Crippen LogP contribution in [0.25, 0.3) is 23.0 Å². The first-order valence-electron chi connectivity index (χ1n) is 12.3. The molecule has 39 heavy (non-hydrogen) atoms. The van der Waals surface area contributed by atoms with E-state index in [0.29, 0.717) is 28.6 Å². The fourth-order valence-corrected chi connectivity index (χ4v) is 4.01. The van der Waals surface area contributed by atoms with Gasteiger partial charge in [-0.2, -0.15) is 5.10 Å². The third-order valence-corrected chi connectivity index (χ3v) is 5.94. The molecule has 0 radical (unpaired) electrons. The van der Waals surface area contributed by atoms with E-state index in [4.69, 9.17) is 19.3 Å². The average molecular weight is 518 g/mol. The summed E-state index contributed by atoms with van der Waals surface area (Å²) in [6, 6.07) is 32.2. The van der Waals surface area contributed by atoms with Gasteiger partial charge in [0, 0.05) is 29.1 Å². The Morgan fingerprint density at radius 3 is 2.15 bits per heavy atom. The third kappa shape index (κ3) is 6.17. The average Bonchev–Trinajstić information content (AvgIpc) is 3.42. The molecule has 5 rings (SSSR count). The van der Waals surface area contributed by atoms with Gasteiger partial charge in [0.05, 0.1) is 19.9 Å². The molecule has 7 heteroatoms. The number of nitrogens with zero attached hydrogens (tertiary/aromatic N) is 2. The number of ether oxygens (including phenoxy) is 3. The Morgan fingerprint density at radius 1 is 0.795 bits per heavy atom. The standard InChI is InChI=1S/C32H27N3O4/c1-37-29-19-13-23(21-30(29)38-2)32-24(22-35(34-32)26-9-5-3-6-10-26)14-20-31(36)33-25-15-17-28(18-16-25)39-27-11-7-4-8-12-27/h3-22H,1-2H3,(H,33,36)/b20-14+. The van der Waals surface area contributed by atoms with E-state index < -0.39 is 0 Å². The van der Waals surface area contributed by atoms with Crippen LogP contribution in [0, 0.1) is 0 Å². The van der Waals surface area contributed by atoms with Crippen LogP contribution in [-0.2, 0) is 4.79 Å². The minimum atomic E-state index is -0.266. The first-order chi connectivity index (χ1) is 19.1. The Morgan fingerprint density at radius 2 is 1.46 bits per heavy atom. The van der Waals surface area contributed by atoms with Gasteiger partial charge < -0.3 is 19.5 Å². The van der Waals surface area contributed by atoms with Crippen molar-refractivity contribution in [2.24, 2.45) is 0 Å². The number of anilines is 1. The second-order valence-corrected chi connectivity index (χ2v) is 8.55. The summed E-state index contributed by atoms with van der Waals surface area (Å²) in [5.41, 5.74) is 3.86. The van der Waals surface area contributed by atoms with Crippen LogP contribution in [0.4, 0.5) is 5.69 Å². The van der Waals surface area contributed by atoms with Gasteiger partial charge in [0.1, 0.15) is 17.2 Å². The maximum absolute atomic E-state index is 12.8. The fourth-order valence-electron chi connectivity index (χ4n) is 4.01. The van der Waals surface area contributed by atoms with Crippen molar-refractivity contribution in [3.05, 3.63) is 121 Å². The van der Waals surface area contributed by atoms with E-state index in [9.17, 15) is 4.79 Å². The molecule has 0 aliphatic rings. The van der Waals surface area contributed by atoms with Crippen LogP contribution in [0.2, 0.25) is 0 Å². The van der Waals surface area contributed by atoms with E-state index in [1.165, 1.54) is 6.08 Å². The molecule has 0 saturated carbocycles. The molecule has 5 aromatic rings. The van der Waals surface area contributed by atoms with E-state index in [-0.39, 0.29) is 5.91 Å². The van der Waals surface area contributed by atoms with Crippen LogP contribution >= 0.6 is 0 Å². The molecule has 0 aliphatic carbocycles. The molecule has 1 aromatic heterocycles. The molecule has 7 nitrogen and oxygen atoms in total. The number of nitrogens with one attached hydrogen (secondary N) is 1. The zero-order valence-electron chi connectivity index (χ0n) is 21.6. The maximum atomic E-state index is 12.8. The second-order valence-electron chi connectivity index (χ2n) is 8.55. The summed E-state index contributed by atoms with van der Waals surface area (Å²) in [5.74, 6) is 2.38. The molecule has 0 atom stereocenters. The van der Waals surface area contributed by atoms with Crippen LogP contribution in [0.15, 0.2) is 115 Å². The third-order valence-electron chi connectivity index (χ3n) is 5.94. The molecule has 1 amide bonds. The van der Waals surface area contributed by atoms with Crippen molar-refractivity contribution in [1.29, 1.82) is 0 Å². The summed E-state index contributed by atoms with van der Waals surface area (Å²) in [4.78, 5) is 12.8. The molecule has 1 N–H and O–H groups in total. The number of methoxy groups -OCH3 is 2. The Bertz CT molecular complexity index is 1580. The quantitative estimate of drug-likeness (QED) is 0.213. The highest BCUT2D eigenvalue weighted by molar-refractivity contribution is 6.02. The number of aromatic nitrogens is 2. The summed E-state index contributed by atoms with van der Waals surface area (Å²) in [5, 5.41) is 7.70. The van der Waals surface area contributed by atoms with Crippen molar-refractivity contribution in [1.82, 2.24) is 9.78 Å². The van der Waals surface area contributed by atoms with Crippen molar-refractivity contribution in [2.45, 2.75) is 0 Å². The Hall–Kier alpha value is -5.30. The first kappa shape index (κ1) is 25.4. The lowest BCUT2D eigenvalue weighted by Crippen LogP contribution is -2.07. The number of rotatable bonds is 9. The Labute approximate surface area is 226 Å². The van der Waals surface area contributed by atoms with E-state index in [1.807, 2.05) is 97.2 Å². The molecule has 4 aromatic carbocycles. The lowest BCUT2D eigenvalue weighted by Gasteiger charge is -2.09. The number of para-hydroxylation sites is 2. The molecule has 0 aliphatic heterocycles. The van der Waals surface area contributed by atoms with Gasteiger partial charge in [0.25, 0.3) is 0 Å². The highest BCUT2D eigenvalue weighted by Gasteiger charge is 2.14. The molecule has 0 saturated heterocycles. The van der Waals surface area contributed by atoms with Crippen LogP contribution in [0.3, 0.4) is 0 Å². The lowest BCUT2D eigenvalue weighted by molar-refractivity contribution is -0.111. The molecule has 0 fully saturated rings. The lowest BCUT2D eigenvalue weighted by atomic mass is 10.1. The van der Waals surface area contributed by atoms with Gasteiger partial charge in [-0.1, -0.05) is 36.4 Å². The summed E-state index contributed by atoms with van der Waals surface area (Å²) >= 11 is 0. The number of carbonyl (C=O) groups excluding carboxylic acids is 1. The number of benzene rings is 4. The van der Waals surface area contributed by atoms with Crippen LogP contribution < -0.4 is 19.5 Å². The number of hydrogen-bond donors (Lipinski definition) is 1. The molecule has 0 bridgehead atoms. The van der Waals surface area contributed by atoms with E-state index >= 15 is 0 Å². The molecular weight excluding hydrogens is 490 g/mol. The monoisotopic (exact) mass is 517 g/mol. The maximum Gasteiger partial charge on any atom is 0.248 e. The summed E-state index contributed by atoms with van der Waals surface area (Å²) in [7, 11) is 3.19. The number of amides is 1. The van der Waals surface area contributed by atoms with Gasteiger partial charge in [-0.05, 0) is 72.8 Å². The highest BCUT2D eigenvalue weighted by atomic mass is 16.5. The van der Waals surface area contributed by atoms with Gasteiger partial charge in [0.2, 0.25) is 5.91 Å². The Balaban J connectivity index is 1.36. The number of hydrogen-bond acceptors (Lipinski definition) is 5. The fraction of sp³-hybridized carbons (Fsp3) is 0.0625. The predicted octanol–water partition coefficient (Wildman–Crippen LogP) is 7.00. The van der Waals surface area contributed by atoms with E-state index in [2.05, 4.69) is 5.32 Å². The zero-order valence-corrected chi connectivity index (χ0v) is 21.6. The SMILES string of the molecule is COc1ccc(-c2nn(-c3ccccc3)cc2/C=C/C(=O)Nc2ccc(Oc3ccccc3)cc2)cc1OC. The highest BCUT2D eigenvalue weighted by Crippen LogP contribution is 2.34. The van der Waals surface area contributed by atoms with Crippen molar-refractivity contribution < 1.29 is 19.0 Å². The van der Waals surface area contributed by atoms with E-state index in [0.717, 1.165) is 22.6 Å². The van der Waals surface area contributed by atoms with Crippen molar-refractivity contribution in [3.63, 3.8) is 0 Å². The molecular formula is C32H27N3O4. The molecule has 194 valence electrons. The zero-order chi connectivity index (χ0) is 27.0. The smallest absolute Gasteiger partial charge is 0.248 e. The first-order valence-corrected chi connectivity index (χ1v) is 12.3. The van der Waals surface area contributed by atoms with E-state index in [1.54, 1.807) is 37.1 Å². The normalized spacial score (nSPS) is 10.8. The molecule has 0 unspecified atom stereocenters. The van der Waals surface area contributed by atoms with Crippen LogP contribution in [-0.4, -0.2) is 29.9 Å². The largest absolute Gasteiger partial charge is 0.493 e. The minimum absolute atomic E-state index is 0.266. The predicted molar refractivity (Wildman–Crippen MR) is 153 cm³/mol. The van der Waals surface area contributed by atoms with Crippen molar-refractivity contribution in [2.75, 3.05) is 19.5 Å². The Kier molecular flexibility index (Phi) is 7.69. The van der Waals surface area contributed by atoms with Gasteiger partial charge in [-0.3, -0.25) is 4.79 Å². The molecule has 0 spiro atoms. The van der Waals surface area contributed by atoms with Crippen molar-refractivity contribution >= 4 is 17.7 Å². The van der Waals surface area contributed by atoms with Crippen LogP contribution in [0.5, 0.6) is 23.0 Å². The van der Waals surface area contributed by atoms with Gasteiger partial charge in [0.15, 0.2) is 11.5 Å². The van der Waals surface area contributed by atoms with Gasteiger partial charge in [-0.25, -0.2) is 4.68 Å². The topological polar surface area (TPSA) is 74.6 Å². The van der Waals surface area contributed by atoms with Gasteiger partial charge in [-0.15, -0.1) is 0 Å². The number of carbonyl (C=O) groups is 1. The minimum Gasteiger partial charge on any atom is -0.493 e. The van der Waals surface area contributed by atoms with Crippen molar-refractivity contribution in [3.8, 4) is 39.9 Å². The van der Waals surface area contributed by atoms with Gasteiger partial charge >= 0.3 is 0 Å². The second kappa shape index (κ2) is 11.8. The van der Waals surface area contributed by atoms with Crippen LogP contribution in [0.1, 0.15) is 5.56 Å².